The number of aromatic nitrogens is 1. The van der Waals surface area contributed by atoms with Crippen LogP contribution in [-0.4, -0.2) is 41.0 Å². The Morgan fingerprint density at radius 3 is 2.76 bits per heavy atom. The van der Waals surface area contributed by atoms with Crippen molar-refractivity contribution in [3.8, 4) is 0 Å². The Labute approximate surface area is 125 Å². The zero-order valence-electron chi connectivity index (χ0n) is 12.7. The zero-order chi connectivity index (χ0) is 14.8. The summed E-state index contributed by atoms with van der Waals surface area (Å²) in [5.74, 6) is 0.0334. The highest BCUT2D eigenvalue weighted by molar-refractivity contribution is 6.05. The third-order valence-electron chi connectivity index (χ3n) is 4.43. The van der Waals surface area contributed by atoms with Gasteiger partial charge in [0.15, 0.2) is 0 Å². The maximum absolute atomic E-state index is 12.5. The highest BCUT2D eigenvalue weighted by atomic mass is 16.1. The van der Waals surface area contributed by atoms with Crippen LogP contribution in [0.3, 0.4) is 0 Å². The number of nitrogens with zero attached hydrogens (tertiary/aromatic N) is 1. The van der Waals surface area contributed by atoms with E-state index in [9.17, 15) is 4.79 Å². The minimum atomic E-state index is 0.0334. The van der Waals surface area contributed by atoms with Gasteiger partial charge in [-0.1, -0.05) is 12.1 Å². The van der Waals surface area contributed by atoms with Gasteiger partial charge in [0.05, 0.1) is 11.1 Å². The predicted molar refractivity (Wildman–Crippen MR) is 85.5 cm³/mol. The summed E-state index contributed by atoms with van der Waals surface area (Å²) in [7, 11) is 0. The SMILES string of the molecule is CC(C)N1CCC(NC(=O)c2cccc3cc[nH]c23)CC1. The first-order chi connectivity index (χ1) is 10.1. The molecule has 1 aromatic carbocycles. The van der Waals surface area contributed by atoms with Gasteiger partial charge in [-0.2, -0.15) is 0 Å². The quantitative estimate of drug-likeness (QED) is 0.911. The molecule has 0 spiro atoms. The summed E-state index contributed by atoms with van der Waals surface area (Å²) >= 11 is 0. The van der Waals surface area contributed by atoms with E-state index in [1.165, 1.54) is 0 Å². The van der Waals surface area contributed by atoms with Gasteiger partial charge in [-0.05, 0) is 38.8 Å². The summed E-state index contributed by atoms with van der Waals surface area (Å²) in [6.45, 7) is 6.58. The van der Waals surface area contributed by atoms with Crippen molar-refractivity contribution in [2.24, 2.45) is 0 Å². The molecule has 0 unspecified atom stereocenters. The van der Waals surface area contributed by atoms with Crippen molar-refractivity contribution in [2.75, 3.05) is 13.1 Å². The molecule has 4 nitrogen and oxygen atoms in total. The molecule has 0 radical (unpaired) electrons. The molecular weight excluding hydrogens is 262 g/mol. The average Bonchev–Trinajstić information content (AvgIpc) is 2.96. The summed E-state index contributed by atoms with van der Waals surface area (Å²) < 4.78 is 0. The number of piperidine rings is 1. The topological polar surface area (TPSA) is 48.1 Å². The highest BCUT2D eigenvalue weighted by Gasteiger charge is 2.23. The van der Waals surface area contributed by atoms with Crippen molar-refractivity contribution in [3.05, 3.63) is 36.0 Å². The minimum Gasteiger partial charge on any atom is -0.361 e. The molecule has 1 fully saturated rings. The Balaban J connectivity index is 1.66. The average molecular weight is 285 g/mol. The third kappa shape index (κ3) is 2.95. The van der Waals surface area contributed by atoms with Gasteiger partial charge in [-0.15, -0.1) is 0 Å². The van der Waals surface area contributed by atoms with Crippen LogP contribution in [0.5, 0.6) is 0 Å². The van der Waals surface area contributed by atoms with Crippen LogP contribution >= 0.6 is 0 Å². The first kappa shape index (κ1) is 14.1. The van der Waals surface area contributed by atoms with E-state index in [1.807, 2.05) is 30.5 Å². The van der Waals surface area contributed by atoms with Gasteiger partial charge in [0.1, 0.15) is 0 Å². The number of hydrogen-bond acceptors (Lipinski definition) is 2. The van der Waals surface area contributed by atoms with E-state index in [2.05, 4.69) is 29.0 Å². The van der Waals surface area contributed by atoms with E-state index in [0.717, 1.165) is 42.4 Å². The molecule has 2 heterocycles. The van der Waals surface area contributed by atoms with Crippen molar-refractivity contribution >= 4 is 16.8 Å². The number of benzene rings is 1. The van der Waals surface area contributed by atoms with E-state index in [4.69, 9.17) is 0 Å². The summed E-state index contributed by atoms with van der Waals surface area (Å²) in [5, 5.41) is 4.27. The predicted octanol–water partition coefficient (Wildman–Crippen LogP) is 2.77. The molecule has 112 valence electrons. The van der Waals surface area contributed by atoms with Gasteiger partial charge in [0.25, 0.3) is 5.91 Å². The fourth-order valence-corrected chi connectivity index (χ4v) is 3.10. The lowest BCUT2D eigenvalue weighted by molar-refractivity contribution is 0.0902. The molecule has 1 aliphatic rings. The molecule has 0 saturated carbocycles. The normalized spacial score (nSPS) is 17.5. The van der Waals surface area contributed by atoms with Crippen molar-refractivity contribution in [3.63, 3.8) is 0 Å². The van der Waals surface area contributed by atoms with Crippen LogP contribution in [-0.2, 0) is 0 Å². The number of aromatic amines is 1. The van der Waals surface area contributed by atoms with Crippen LogP contribution < -0.4 is 5.32 Å². The summed E-state index contributed by atoms with van der Waals surface area (Å²) in [5.41, 5.74) is 1.67. The smallest absolute Gasteiger partial charge is 0.253 e. The van der Waals surface area contributed by atoms with Gasteiger partial charge in [-0.3, -0.25) is 4.79 Å². The fourth-order valence-electron chi connectivity index (χ4n) is 3.10. The van der Waals surface area contributed by atoms with Gasteiger partial charge in [0.2, 0.25) is 0 Å². The number of para-hydroxylation sites is 1. The Morgan fingerprint density at radius 2 is 2.05 bits per heavy atom. The van der Waals surface area contributed by atoms with Gasteiger partial charge < -0.3 is 15.2 Å². The summed E-state index contributed by atoms with van der Waals surface area (Å²) in [6.07, 6.45) is 3.94. The first-order valence-electron chi connectivity index (χ1n) is 7.76. The van der Waals surface area contributed by atoms with E-state index in [-0.39, 0.29) is 11.9 Å². The monoisotopic (exact) mass is 285 g/mol. The molecular formula is C17H23N3O. The lowest BCUT2D eigenvalue weighted by Gasteiger charge is -2.34. The van der Waals surface area contributed by atoms with Crippen LogP contribution in [0, 0.1) is 0 Å². The number of carbonyl (C=O) groups excluding carboxylic acids is 1. The number of H-pyrrole nitrogens is 1. The Hall–Kier alpha value is -1.81. The molecule has 1 amide bonds. The largest absolute Gasteiger partial charge is 0.361 e. The molecule has 2 aromatic rings. The molecule has 1 aromatic heterocycles. The standard InChI is InChI=1S/C17H23N3O/c1-12(2)20-10-7-14(8-11-20)19-17(21)15-5-3-4-13-6-9-18-16(13)15/h3-6,9,12,14,18H,7-8,10-11H2,1-2H3,(H,19,21). The molecule has 3 rings (SSSR count). The second-order valence-corrected chi connectivity index (χ2v) is 6.12. The fraction of sp³-hybridized carbons (Fsp3) is 0.471. The molecule has 1 saturated heterocycles. The molecule has 2 N–H and O–H groups in total. The van der Waals surface area contributed by atoms with Crippen molar-refractivity contribution in [1.82, 2.24) is 15.2 Å². The Bertz CT molecular complexity index is 624. The molecule has 21 heavy (non-hydrogen) atoms. The van der Waals surface area contributed by atoms with Crippen molar-refractivity contribution < 1.29 is 4.79 Å². The van der Waals surface area contributed by atoms with Crippen molar-refractivity contribution in [1.29, 1.82) is 0 Å². The second kappa shape index (κ2) is 5.90. The van der Waals surface area contributed by atoms with Crippen molar-refractivity contribution in [2.45, 2.75) is 38.8 Å². The first-order valence-corrected chi connectivity index (χ1v) is 7.76. The number of carbonyl (C=O) groups is 1. The lowest BCUT2D eigenvalue weighted by atomic mass is 10.0. The Kier molecular flexibility index (Phi) is 3.97. The number of fused-ring (bicyclic) bond motifs is 1. The van der Waals surface area contributed by atoms with Crippen LogP contribution in [0.4, 0.5) is 0 Å². The number of amides is 1. The van der Waals surface area contributed by atoms with Gasteiger partial charge in [0, 0.05) is 36.8 Å². The third-order valence-corrected chi connectivity index (χ3v) is 4.43. The maximum Gasteiger partial charge on any atom is 0.253 e. The van der Waals surface area contributed by atoms with Crippen LogP contribution in [0.15, 0.2) is 30.5 Å². The number of likely N-dealkylation sites (tertiary alicyclic amines) is 1. The zero-order valence-corrected chi connectivity index (χ0v) is 12.7. The molecule has 0 bridgehead atoms. The van der Waals surface area contributed by atoms with Crippen LogP contribution in [0.25, 0.3) is 10.9 Å². The molecule has 0 aliphatic carbocycles. The number of nitrogens with one attached hydrogen (secondary N) is 2. The molecule has 4 heteroatoms. The summed E-state index contributed by atoms with van der Waals surface area (Å²) in [4.78, 5) is 18.1. The van der Waals surface area contributed by atoms with E-state index >= 15 is 0 Å². The van der Waals surface area contributed by atoms with E-state index in [1.54, 1.807) is 0 Å². The maximum atomic E-state index is 12.5. The Morgan fingerprint density at radius 1 is 1.29 bits per heavy atom. The van der Waals surface area contributed by atoms with E-state index < -0.39 is 0 Å². The van der Waals surface area contributed by atoms with Crippen LogP contribution in [0.2, 0.25) is 0 Å². The second-order valence-electron chi connectivity index (χ2n) is 6.12. The minimum absolute atomic E-state index is 0.0334. The number of hydrogen-bond donors (Lipinski definition) is 2. The molecule has 0 atom stereocenters. The number of rotatable bonds is 3. The molecule has 1 aliphatic heterocycles. The lowest BCUT2D eigenvalue weighted by Crippen LogP contribution is -2.46. The van der Waals surface area contributed by atoms with Gasteiger partial charge in [-0.25, -0.2) is 0 Å². The van der Waals surface area contributed by atoms with E-state index in [0.29, 0.717) is 6.04 Å². The van der Waals surface area contributed by atoms with Gasteiger partial charge >= 0.3 is 0 Å². The highest BCUT2D eigenvalue weighted by Crippen LogP contribution is 2.18. The van der Waals surface area contributed by atoms with Crippen LogP contribution in [0.1, 0.15) is 37.0 Å². The summed E-state index contributed by atoms with van der Waals surface area (Å²) in [6, 6.07) is 8.72.